The smallest absolute Gasteiger partial charge is 0.256 e. The van der Waals surface area contributed by atoms with E-state index in [0.717, 1.165) is 12.1 Å². The predicted octanol–water partition coefficient (Wildman–Crippen LogP) is 3.47. The molecule has 11 heteroatoms. The molecular weight excluding hydrogens is 526 g/mol. The van der Waals surface area contributed by atoms with Crippen LogP contribution in [0.3, 0.4) is 0 Å². The normalized spacial score (nSPS) is 14.8. The molecule has 1 aliphatic rings. The molecule has 2 heterocycles. The van der Waals surface area contributed by atoms with Gasteiger partial charge in [-0.25, -0.2) is 18.2 Å². The van der Waals surface area contributed by atoms with E-state index in [1.54, 1.807) is 18.5 Å². The van der Waals surface area contributed by atoms with Gasteiger partial charge in [0.1, 0.15) is 11.4 Å². The standard InChI is InChI=1S/C20H17F3IN5O2/c21-13-3-2-12(17(16(13)23)28-15-4-1-11(24)7-14(15)22)18(30)29-9-20(31,10-29)8-27-19-25-5-6-26-19/h1-7,28,31H,8-10H2,(H2,25,26,27). The number of H-pyrrole nitrogens is 1. The number of aromatic nitrogens is 2. The van der Waals surface area contributed by atoms with Crippen LogP contribution in [-0.2, 0) is 0 Å². The first kappa shape index (κ1) is 21.4. The van der Waals surface area contributed by atoms with E-state index in [1.807, 2.05) is 22.6 Å². The maximum atomic E-state index is 14.5. The molecule has 4 rings (SSSR count). The number of nitrogens with one attached hydrogen (secondary N) is 3. The number of amides is 1. The molecule has 1 saturated heterocycles. The highest BCUT2D eigenvalue weighted by Crippen LogP contribution is 2.31. The highest BCUT2D eigenvalue weighted by molar-refractivity contribution is 14.1. The zero-order valence-corrected chi connectivity index (χ0v) is 18.1. The fourth-order valence-electron chi connectivity index (χ4n) is 3.28. The number of aliphatic hydroxyl groups is 1. The lowest BCUT2D eigenvalue weighted by molar-refractivity contribution is -0.0707. The van der Waals surface area contributed by atoms with E-state index in [0.29, 0.717) is 9.52 Å². The first-order chi connectivity index (χ1) is 14.8. The summed E-state index contributed by atoms with van der Waals surface area (Å²) in [5.41, 5.74) is -1.93. The zero-order chi connectivity index (χ0) is 22.2. The van der Waals surface area contributed by atoms with Crippen molar-refractivity contribution in [1.29, 1.82) is 0 Å². The van der Waals surface area contributed by atoms with Crippen molar-refractivity contribution < 1.29 is 23.1 Å². The molecule has 1 aliphatic heterocycles. The Morgan fingerprint density at radius 2 is 2.00 bits per heavy atom. The molecule has 0 unspecified atom stereocenters. The van der Waals surface area contributed by atoms with Crippen molar-refractivity contribution in [3.8, 4) is 0 Å². The Morgan fingerprint density at radius 3 is 2.68 bits per heavy atom. The number of aromatic amines is 1. The van der Waals surface area contributed by atoms with Gasteiger partial charge in [-0.15, -0.1) is 0 Å². The molecule has 0 bridgehead atoms. The third-order valence-corrected chi connectivity index (χ3v) is 5.53. The van der Waals surface area contributed by atoms with Gasteiger partial charge < -0.3 is 25.6 Å². The van der Waals surface area contributed by atoms with Crippen LogP contribution in [-0.4, -0.2) is 51.1 Å². The van der Waals surface area contributed by atoms with Crippen molar-refractivity contribution in [1.82, 2.24) is 14.9 Å². The van der Waals surface area contributed by atoms with Crippen LogP contribution >= 0.6 is 22.6 Å². The van der Waals surface area contributed by atoms with Crippen molar-refractivity contribution >= 4 is 45.8 Å². The summed E-state index contributed by atoms with van der Waals surface area (Å²) in [4.78, 5) is 21.0. The van der Waals surface area contributed by atoms with Gasteiger partial charge in [-0.1, -0.05) is 0 Å². The second kappa shape index (κ2) is 8.38. The van der Waals surface area contributed by atoms with E-state index < -0.39 is 34.6 Å². The summed E-state index contributed by atoms with van der Waals surface area (Å²) in [5, 5.41) is 16.0. The maximum Gasteiger partial charge on any atom is 0.256 e. The van der Waals surface area contributed by atoms with Crippen LogP contribution in [0.25, 0.3) is 0 Å². The van der Waals surface area contributed by atoms with Crippen molar-refractivity contribution in [3.05, 3.63) is 69.3 Å². The fourth-order valence-corrected chi connectivity index (χ4v) is 3.73. The number of imidazole rings is 1. The van der Waals surface area contributed by atoms with E-state index in [1.165, 1.54) is 17.0 Å². The van der Waals surface area contributed by atoms with Gasteiger partial charge in [0.2, 0.25) is 0 Å². The molecule has 0 radical (unpaired) electrons. The Bertz CT molecular complexity index is 1120. The number of likely N-dealkylation sites (tertiary alicyclic amines) is 1. The number of benzene rings is 2. The minimum Gasteiger partial charge on any atom is -0.384 e. The van der Waals surface area contributed by atoms with E-state index >= 15 is 0 Å². The lowest BCUT2D eigenvalue weighted by atomic mass is 9.93. The van der Waals surface area contributed by atoms with E-state index in [2.05, 4.69) is 20.6 Å². The number of nitrogens with zero attached hydrogens (tertiary/aromatic N) is 2. The molecule has 162 valence electrons. The van der Waals surface area contributed by atoms with Crippen molar-refractivity contribution in [2.75, 3.05) is 30.3 Å². The third kappa shape index (κ3) is 4.46. The average molecular weight is 543 g/mol. The van der Waals surface area contributed by atoms with E-state index in [9.17, 15) is 23.1 Å². The van der Waals surface area contributed by atoms with Gasteiger partial charge in [-0.05, 0) is 52.9 Å². The quantitative estimate of drug-likeness (QED) is 0.358. The summed E-state index contributed by atoms with van der Waals surface area (Å²) >= 11 is 1.92. The second-order valence-electron chi connectivity index (χ2n) is 7.21. The molecule has 1 fully saturated rings. The number of rotatable bonds is 6. The highest BCUT2D eigenvalue weighted by Gasteiger charge is 2.44. The number of carbonyl (C=O) groups is 1. The average Bonchev–Trinajstić information content (AvgIpc) is 3.23. The van der Waals surface area contributed by atoms with Crippen molar-refractivity contribution in [3.63, 3.8) is 0 Å². The first-order valence-electron chi connectivity index (χ1n) is 9.21. The molecule has 1 aromatic heterocycles. The van der Waals surface area contributed by atoms with Gasteiger partial charge in [0.25, 0.3) is 5.91 Å². The number of halogens is 4. The molecule has 4 N–H and O–H groups in total. The van der Waals surface area contributed by atoms with Gasteiger partial charge in [-0.2, -0.15) is 0 Å². The van der Waals surface area contributed by atoms with Gasteiger partial charge in [0.05, 0.1) is 30.0 Å². The SMILES string of the molecule is O=C(c1ccc(F)c(F)c1Nc1ccc(I)cc1F)N1CC(O)(CNc2ncc[nH]2)C1. The Balaban J connectivity index is 1.51. The van der Waals surface area contributed by atoms with Crippen LogP contribution in [0.2, 0.25) is 0 Å². The number of hydrogen-bond acceptors (Lipinski definition) is 5. The van der Waals surface area contributed by atoms with Crippen LogP contribution < -0.4 is 10.6 Å². The maximum absolute atomic E-state index is 14.5. The summed E-state index contributed by atoms with van der Waals surface area (Å²) in [5.74, 6) is -3.28. The molecule has 31 heavy (non-hydrogen) atoms. The third-order valence-electron chi connectivity index (χ3n) is 4.86. The summed E-state index contributed by atoms with van der Waals surface area (Å²) in [6.07, 6.45) is 3.17. The number of carbonyl (C=O) groups excluding carboxylic acids is 1. The largest absolute Gasteiger partial charge is 0.384 e. The summed E-state index contributed by atoms with van der Waals surface area (Å²) in [6, 6.07) is 6.16. The van der Waals surface area contributed by atoms with Crippen LogP contribution in [0, 0.1) is 21.0 Å². The Morgan fingerprint density at radius 1 is 1.23 bits per heavy atom. The van der Waals surface area contributed by atoms with Gasteiger partial charge in [0, 0.05) is 22.5 Å². The van der Waals surface area contributed by atoms with Gasteiger partial charge >= 0.3 is 0 Å². The molecule has 0 saturated carbocycles. The van der Waals surface area contributed by atoms with Crippen LogP contribution in [0.4, 0.5) is 30.5 Å². The second-order valence-corrected chi connectivity index (χ2v) is 8.46. The lowest BCUT2D eigenvalue weighted by Crippen LogP contribution is -2.66. The van der Waals surface area contributed by atoms with Crippen LogP contribution in [0.5, 0.6) is 0 Å². The summed E-state index contributed by atoms with van der Waals surface area (Å²) < 4.78 is 43.2. The minimum atomic E-state index is -1.29. The number of β-amino-alcohol motifs (C(OH)–C–C–N with tert-alkyl or cyclic N) is 1. The van der Waals surface area contributed by atoms with Crippen LogP contribution in [0.1, 0.15) is 10.4 Å². The first-order valence-corrected chi connectivity index (χ1v) is 10.3. The van der Waals surface area contributed by atoms with Crippen molar-refractivity contribution in [2.45, 2.75) is 5.60 Å². The molecule has 0 spiro atoms. The van der Waals surface area contributed by atoms with E-state index in [4.69, 9.17) is 0 Å². The highest BCUT2D eigenvalue weighted by atomic mass is 127. The molecular formula is C20H17F3IN5O2. The van der Waals surface area contributed by atoms with E-state index in [-0.39, 0.29) is 30.9 Å². The summed E-state index contributed by atoms with van der Waals surface area (Å²) in [7, 11) is 0. The lowest BCUT2D eigenvalue weighted by Gasteiger charge is -2.46. The predicted molar refractivity (Wildman–Crippen MR) is 117 cm³/mol. The zero-order valence-electron chi connectivity index (χ0n) is 15.9. The number of hydrogen-bond donors (Lipinski definition) is 4. The molecule has 1 amide bonds. The Labute approximate surface area is 188 Å². The van der Waals surface area contributed by atoms with Gasteiger partial charge in [0.15, 0.2) is 17.6 Å². The minimum absolute atomic E-state index is 0.0180. The van der Waals surface area contributed by atoms with Crippen molar-refractivity contribution in [2.24, 2.45) is 0 Å². The Kier molecular flexibility index (Phi) is 5.79. The van der Waals surface area contributed by atoms with Crippen LogP contribution in [0.15, 0.2) is 42.7 Å². The molecule has 0 atom stereocenters. The topological polar surface area (TPSA) is 93.3 Å². The molecule has 0 aliphatic carbocycles. The molecule has 7 nitrogen and oxygen atoms in total. The monoisotopic (exact) mass is 543 g/mol. The number of anilines is 3. The Hall–Kier alpha value is -2.80. The van der Waals surface area contributed by atoms with Gasteiger partial charge in [-0.3, -0.25) is 4.79 Å². The molecule has 3 aromatic rings. The molecule has 2 aromatic carbocycles. The fraction of sp³-hybridized carbons (Fsp3) is 0.200. The summed E-state index contributed by atoms with van der Waals surface area (Å²) in [6.45, 7) is 0.104.